The van der Waals surface area contributed by atoms with E-state index in [0.717, 1.165) is 0 Å². The summed E-state index contributed by atoms with van der Waals surface area (Å²) in [5, 5.41) is 0. The van der Waals surface area contributed by atoms with Crippen LogP contribution in [-0.2, 0) is 19.6 Å². The molecule has 0 saturated heterocycles. The van der Waals surface area contributed by atoms with Crippen molar-refractivity contribution in [3.63, 3.8) is 0 Å². The molecular formula is C16H23NO4S. The molecule has 6 heteroatoms. The van der Waals surface area contributed by atoms with Crippen LogP contribution in [0.4, 0.5) is 0 Å². The molecule has 0 radical (unpaired) electrons. The second kappa shape index (κ2) is 7.74. The molecule has 5 nitrogen and oxygen atoms in total. The van der Waals surface area contributed by atoms with Gasteiger partial charge in [0.25, 0.3) is 0 Å². The number of methoxy groups -OCH3 is 1. The van der Waals surface area contributed by atoms with E-state index >= 15 is 0 Å². The van der Waals surface area contributed by atoms with Gasteiger partial charge in [-0.2, -0.15) is 0 Å². The molecule has 1 aliphatic carbocycles. The fraction of sp³-hybridized carbons (Fsp3) is 0.562. The first-order valence-electron chi connectivity index (χ1n) is 7.69. The van der Waals surface area contributed by atoms with Crippen LogP contribution in [0.2, 0.25) is 0 Å². The van der Waals surface area contributed by atoms with Crippen LogP contribution in [0.25, 0.3) is 0 Å². The van der Waals surface area contributed by atoms with E-state index in [1.807, 2.05) is 12.1 Å². The van der Waals surface area contributed by atoms with Crippen molar-refractivity contribution < 1.29 is 17.9 Å². The van der Waals surface area contributed by atoms with E-state index in [4.69, 9.17) is 0 Å². The largest absolute Gasteiger partial charge is 0.469 e. The van der Waals surface area contributed by atoms with E-state index in [9.17, 15) is 13.2 Å². The molecule has 1 saturated carbocycles. The number of hydrogen-bond acceptors (Lipinski definition) is 4. The van der Waals surface area contributed by atoms with Gasteiger partial charge in [0.1, 0.15) is 0 Å². The number of sulfonamides is 1. The van der Waals surface area contributed by atoms with Gasteiger partial charge >= 0.3 is 5.97 Å². The van der Waals surface area contributed by atoms with Gasteiger partial charge in [-0.05, 0) is 36.5 Å². The average Bonchev–Trinajstić information content (AvgIpc) is 2.55. The van der Waals surface area contributed by atoms with E-state index in [1.165, 1.54) is 44.8 Å². The van der Waals surface area contributed by atoms with Crippen molar-refractivity contribution in [1.29, 1.82) is 0 Å². The SMILES string of the molecule is COC(=O)CCNS(=O)(=O)c1ccc(C2CCCCC2)cc1. The fourth-order valence-corrected chi connectivity index (χ4v) is 3.86. The maximum absolute atomic E-state index is 12.1. The third-order valence-corrected chi connectivity index (χ3v) is 5.59. The Balaban J connectivity index is 1.97. The number of benzene rings is 1. The lowest BCUT2D eigenvalue weighted by atomic mass is 9.84. The summed E-state index contributed by atoms with van der Waals surface area (Å²) in [5.41, 5.74) is 1.22. The normalized spacial score (nSPS) is 16.4. The second-order valence-corrected chi connectivity index (χ2v) is 7.39. The lowest BCUT2D eigenvalue weighted by Crippen LogP contribution is -2.26. The lowest BCUT2D eigenvalue weighted by molar-refractivity contribution is -0.140. The molecule has 0 heterocycles. The molecule has 2 rings (SSSR count). The van der Waals surface area contributed by atoms with Gasteiger partial charge in [0.05, 0.1) is 18.4 Å². The van der Waals surface area contributed by atoms with Crippen LogP contribution < -0.4 is 4.72 Å². The molecule has 0 unspecified atom stereocenters. The Labute approximate surface area is 132 Å². The predicted molar refractivity (Wildman–Crippen MR) is 84.1 cm³/mol. The van der Waals surface area contributed by atoms with Crippen LogP contribution in [-0.4, -0.2) is 28.0 Å². The quantitative estimate of drug-likeness (QED) is 0.816. The number of hydrogen-bond donors (Lipinski definition) is 1. The number of esters is 1. The predicted octanol–water partition coefficient (Wildman–Crippen LogP) is 2.58. The van der Waals surface area contributed by atoms with Gasteiger partial charge in [-0.25, -0.2) is 13.1 Å². The van der Waals surface area contributed by atoms with E-state index in [2.05, 4.69) is 9.46 Å². The summed E-state index contributed by atoms with van der Waals surface area (Å²) in [6, 6.07) is 7.10. The van der Waals surface area contributed by atoms with Crippen LogP contribution in [0.15, 0.2) is 29.2 Å². The van der Waals surface area contributed by atoms with E-state index in [-0.39, 0.29) is 17.9 Å². The first kappa shape index (κ1) is 17.0. The summed E-state index contributed by atoms with van der Waals surface area (Å²) in [4.78, 5) is 11.2. The molecule has 0 spiro atoms. The van der Waals surface area contributed by atoms with Crippen molar-refractivity contribution in [3.05, 3.63) is 29.8 Å². The van der Waals surface area contributed by atoms with E-state index < -0.39 is 16.0 Å². The Morgan fingerprint density at radius 1 is 1.18 bits per heavy atom. The zero-order valence-electron chi connectivity index (χ0n) is 12.9. The molecule has 1 aromatic rings. The van der Waals surface area contributed by atoms with Crippen molar-refractivity contribution in [2.75, 3.05) is 13.7 Å². The van der Waals surface area contributed by atoms with E-state index in [1.54, 1.807) is 12.1 Å². The minimum absolute atomic E-state index is 0.0237. The smallest absolute Gasteiger partial charge is 0.306 e. The van der Waals surface area contributed by atoms with Crippen LogP contribution in [0, 0.1) is 0 Å². The first-order valence-corrected chi connectivity index (χ1v) is 9.17. The molecule has 0 aromatic heterocycles. The summed E-state index contributed by atoms with van der Waals surface area (Å²) >= 11 is 0. The summed E-state index contributed by atoms with van der Waals surface area (Å²) in [6.07, 6.45) is 6.19. The second-order valence-electron chi connectivity index (χ2n) is 5.63. The minimum atomic E-state index is -3.57. The highest BCUT2D eigenvalue weighted by Crippen LogP contribution is 2.32. The van der Waals surface area contributed by atoms with Gasteiger partial charge in [0.2, 0.25) is 10.0 Å². The standard InChI is InChI=1S/C16H23NO4S/c1-21-16(18)11-12-17-22(19,20)15-9-7-14(8-10-15)13-5-3-2-4-6-13/h7-10,13,17H,2-6,11-12H2,1H3. The van der Waals surface area contributed by atoms with Gasteiger partial charge in [0.15, 0.2) is 0 Å². The summed E-state index contributed by atoms with van der Waals surface area (Å²) in [7, 11) is -2.29. The zero-order chi connectivity index (χ0) is 16.0. The van der Waals surface area contributed by atoms with Crippen LogP contribution in [0.3, 0.4) is 0 Å². The maximum atomic E-state index is 12.1. The van der Waals surface area contributed by atoms with Crippen molar-refractivity contribution >= 4 is 16.0 Å². The fourth-order valence-electron chi connectivity index (χ4n) is 2.83. The van der Waals surface area contributed by atoms with Gasteiger partial charge < -0.3 is 4.74 Å². The van der Waals surface area contributed by atoms with Crippen LogP contribution >= 0.6 is 0 Å². The molecule has 0 bridgehead atoms. The number of carbonyl (C=O) groups is 1. The molecule has 122 valence electrons. The Hall–Kier alpha value is -1.40. The highest BCUT2D eigenvalue weighted by Gasteiger charge is 2.18. The minimum Gasteiger partial charge on any atom is -0.469 e. The summed E-state index contributed by atoms with van der Waals surface area (Å²) < 4.78 is 31.1. The molecule has 1 aromatic carbocycles. The summed E-state index contributed by atoms with van der Waals surface area (Å²) in [6.45, 7) is 0.0411. The summed E-state index contributed by atoms with van der Waals surface area (Å²) in [5.74, 6) is 0.119. The number of nitrogens with one attached hydrogen (secondary N) is 1. The first-order chi connectivity index (χ1) is 10.5. The molecular weight excluding hydrogens is 302 g/mol. The van der Waals surface area contributed by atoms with Crippen molar-refractivity contribution in [2.24, 2.45) is 0 Å². The van der Waals surface area contributed by atoms with Crippen LogP contribution in [0.5, 0.6) is 0 Å². The van der Waals surface area contributed by atoms with Crippen molar-refractivity contribution in [3.8, 4) is 0 Å². The lowest BCUT2D eigenvalue weighted by Gasteiger charge is -2.22. The Kier molecular flexibility index (Phi) is 5.97. The molecule has 0 amide bonds. The highest BCUT2D eigenvalue weighted by atomic mass is 32.2. The Morgan fingerprint density at radius 3 is 2.41 bits per heavy atom. The van der Waals surface area contributed by atoms with Crippen molar-refractivity contribution in [2.45, 2.75) is 49.3 Å². The Bertz CT molecular complexity index is 589. The van der Waals surface area contributed by atoms with E-state index in [0.29, 0.717) is 5.92 Å². The molecule has 0 atom stereocenters. The number of rotatable bonds is 6. The van der Waals surface area contributed by atoms with Gasteiger partial charge in [-0.1, -0.05) is 31.4 Å². The average molecular weight is 325 g/mol. The zero-order valence-corrected chi connectivity index (χ0v) is 13.7. The molecule has 22 heavy (non-hydrogen) atoms. The van der Waals surface area contributed by atoms with Gasteiger partial charge in [-0.3, -0.25) is 4.79 Å². The monoisotopic (exact) mass is 325 g/mol. The van der Waals surface area contributed by atoms with Gasteiger partial charge in [0, 0.05) is 6.54 Å². The molecule has 0 aliphatic heterocycles. The number of carbonyl (C=O) groups excluding carboxylic acids is 1. The Morgan fingerprint density at radius 2 is 1.82 bits per heavy atom. The highest BCUT2D eigenvalue weighted by molar-refractivity contribution is 7.89. The maximum Gasteiger partial charge on any atom is 0.306 e. The molecule has 1 aliphatic rings. The van der Waals surface area contributed by atoms with Crippen LogP contribution in [0.1, 0.15) is 50.0 Å². The topological polar surface area (TPSA) is 72.5 Å². The van der Waals surface area contributed by atoms with Gasteiger partial charge in [-0.15, -0.1) is 0 Å². The third kappa shape index (κ3) is 4.55. The molecule has 1 N–H and O–H groups in total. The third-order valence-electron chi connectivity index (χ3n) is 4.12. The van der Waals surface area contributed by atoms with Crippen molar-refractivity contribution in [1.82, 2.24) is 4.72 Å². The molecule has 1 fully saturated rings. The number of ether oxygens (including phenoxy) is 1.